The van der Waals surface area contributed by atoms with Crippen molar-refractivity contribution in [2.45, 2.75) is 13.3 Å². The van der Waals surface area contributed by atoms with E-state index in [2.05, 4.69) is 21.2 Å². The minimum absolute atomic E-state index is 0.0625. The third kappa shape index (κ3) is 5.72. The Morgan fingerprint density at radius 1 is 1.32 bits per heavy atom. The summed E-state index contributed by atoms with van der Waals surface area (Å²) in [5, 5.41) is 2.88. The van der Waals surface area contributed by atoms with Crippen LogP contribution in [0.25, 0.3) is 0 Å². The summed E-state index contributed by atoms with van der Waals surface area (Å²) in [6.07, 6.45) is 0.791. The molecule has 5 heteroatoms. The smallest absolute Gasteiger partial charge is 0.252 e. The molecular formula is C14H20BrNO3. The number of halogens is 1. The second-order valence-electron chi connectivity index (χ2n) is 4.15. The summed E-state index contributed by atoms with van der Waals surface area (Å²) >= 11 is 3.43. The van der Waals surface area contributed by atoms with Crippen molar-refractivity contribution in [1.29, 1.82) is 0 Å². The summed E-state index contributed by atoms with van der Waals surface area (Å²) in [7, 11) is 1.64. The number of rotatable bonds is 8. The van der Waals surface area contributed by atoms with Gasteiger partial charge in [0, 0.05) is 24.7 Å². The molecule has 0 aliphatic rings. The lowest BCUT2D eigenvalue weighted by atomic mass is 10.1. The molecule has 0 unspecified atom stereocenters. The minimum Gasteiger partial charge on any atom is -0.382 e. The number of aryl methyl sites for hydroxylation is 1. The highest BCUT2D eigenvalue weighted by Gasteiger charge is 2.10. The Kier molecular flexibility index (Phi) is 7.70. The Hall–Kier alpha value is -0.910. The highest BCUT2D eigenvalue weighted by Crippen LogP contribution is 2.20. The lowest BCUT2D eigenvalue weighted by Gasteiger charge is -2.08. The molecule has 0 aliphatic carbocycles. The Morgan fingerprint density at radius 2 is 2.11 bits per heavy atom. The fourth-order valence-corrected chi connectivity index (χ4v) is 1.98. The maximum absolute atomic E-state index is 12.0. The zero-order valence-electron chi connectivity index (χ0n) is 11.4. The average molecular weight is 330 g/mol. The molecule has 0 fully saturated rings. The molecule has 1 aromatic carbocycles. The van der Waals surface area contributed by atoms with E-state index in [-0.39, 0.29) is 5.91 Å². The first-order valence-corrected chi connectivity index (χ1v) is 7.06. The zero-order valence-corrected chi connectivity index (χ0v) is 13.0. The van der Waals surface area contributed by atoms with Crippen molar-refractivity contribution in [3.8, 4) is 0 Å². The van der Waals surface area contributed by atoms with Crippen molar-refractivity contribution in [3.05, 3.63) is 33.8 Å². The molecule has 106 valence electrons. The van der Waals surface area contributed by atoms with Gasteiger partial charge in [-0.3, -0.25) is 4.79 Å². The van der Waals surface area contributed by atoms with Crippen molar-refractivity contribution >= 4 is 21.8 Å². The molecule has 0 aliphatic heterocycles. The summed E-state index contributed by atoms with van der Waals surface area (Å²) < 4.78 is 11.0. The van der Waals surface area contributed by atoms with Gasteiger partial charge in [-0.2, -0.15) is 0 Å². The molecule has 0 radical (unpaired) electrons. The highest BCUT2D eigenvalue weighted by atomic mass is 79.9. The monoisotopic (exact) mass is 329 g/mol. The van der Waals surface area contributed by atoms with Crippen molar-refractivity contribution in [1.82, 2.24) is 5.32 Å². The summed E-state index contributed by atoms with van der Waals surface area (Å²) in [6, 6.07) is 5.65. The van der Waals surface area contributed by atoms with Crippen LogP contribution in [0.2, 0.25) is 0 Å². The highest BCUT2D eigenvalue weighted by molar-refractivity contribution is 9.10. The largest absolute Gasteiger partial charge is 0.382 e. The second-order valence-corrected chi connectivity index (χ2v) is 4.94. The van der Waals surface area contributed by atoms with Gasteiger partial charge in [0.25, 0.3) is 5.91 Å². The molecule has 19 heavy (non-hydrogen) atoms. The fourth-order valence-electron chi connectivity index (χ4n) is 1.54. The van der Waals surface area contributed by atoms with Crippen LogP contribution in [0.1, 0.15) is 22.3 Å². The Balaban J connectivity index is 2.26. The molecule has 0 atom stereocenters. The summed E-state index contributed by atoms with van der Waals surface area (Å²) in [6.45, 7) is 4.38. The third-order valence-electron chi connectivity index (χ3n) is 2.62. The number of amides is 1. The Labute approximate surface area is 122 Å². The predicted molar refractivity (Wildman–Crippen MR) is 78.5 cm³/mol. The van der Waals surface area contributed by atoms with Crippen molar-refractivity contribution in [2.75, 3.05) is 33.5 Å². The van der Waals surface area contributed by atoms with Gasteiger partial charge in [-0.25, -0.2) is 0 Å². The van der Waals surface area contributed by atoms with Gasteiger partial charge in [-0.15, -0.1) is 0 Å². The van der Waals surface area contributed by atoms with E-state index in [1.54, 1.807) is 7.11 Å². The van der Waals surface area contributed by atoms with E-state index in [0.29, 0.717) is 31.9 Å². The first-order chi connectivity index (χ1) is 9.16. The third-order valence-corrected chi connectivity index (χ3v) is 3.67. The van der Waals surface area contributed by atoms with E-state index >= 15 is 0 Å². The van der Waals surface area contributed by atoms with Gasteiger partial charge < -0.3 is 14.8 Å². The van der Waals surface area contributed by atoms with Crippen molar-refractivity contribution < 1.29 is 14.3 Å². The number of carbonyl (C=O) groups is 1. The van der Waals surface area contributed by atoms with Crippen LogP contribution in [-0.4, -0.2) is 39.4 Å². The Morgan fingerprint density at radius 3 is 2.84 bits per heavy atom. The number of hydrogen-bond acceptors (Lipinski definition) is 3. The first-order valence-electron chi connectivity index (χ1n) is 6.26. The van der Waals surface area contributed by atoms with Gasteiger partial charge in [0.05, 0.1) is 18.8 Å². The quantitative estimate of drug-likeness (QED) is 0.745. The van der Waals surface area contributed by atoms with Crippen LogP contribution < -0.4 is 5.32 Å². The average Bonchev–Trinajstić information content (AvgIpc) is 2.40. The molecule has 0 bridgehead atoms. The number of benzene rings is 1. The molecule has 0 spiro atoms. The van der Waals surface area contributed by atoms with E-state index in [1.807, 2.05) is 25.1 Å². The van der Waals surface area contributed by atoms with Crippen LogP contribution in [-0.2, 0) is 9.47 Å². The molecule has 1 amide bonds. The normalized spacial score (nSPS) is 10.5. The predicted octanol–water partition coefficient (Wildman–Crippen LogP) is 2.54. The molecular weight excluding hydrogens is 310 g/mol. The van der Waals surface area contributed by atoms with Gasteiger partial charge in [-0.05, 0) is 40.9 Å². The Bertz CT molecular complexity index is 410. The van der Waals surface area contributed by atoms with Gasteiger partial charge in [0.15, 0.2) is 0 Å². The summed E-state index contributed by atoms with van der Waals surface area (Å²) in [4.78, 5) is 12.0. The standard InChI is InChI=1S/C14H20BrNO3/c1-11-5-3-6-12(13(11)15)14(17)16-7-4-8-19-10-9-18-2/h3,5-6H,4,7-10H2,1-2H3,(H,16,17). The lowest BCUT2D eigenvalue weighted by Crippen LogP contribution is -2.25. The molecule has 1 rings (SSSR count). The van der Waals surface area contributed by atoms with Gasteiger partial charge in [0.2, 0.25) is 0 Å². The van der Waals surface area contributed by atoms with Crippen LogP contribution in [0, 0.1) is 6.92 Å². The van der Waals surface area contributed by atoms with Crippen LogP contribution in [0.15, 0.2) is 22.7 Å². The van der Waals surface area contributed by atoms with Crippen molar-refractivity contribution in [2.24, 2.45) is 0 Å². The van der Waals surface area contributed by atoms with E-state index in [0.717, 1.165) is 16.5 Å². The van der Waals surface area contributed by atoms with Crippen molar-refractivity contribution in [3.63, 3.8) is 0 Å². The van der Waals surface area contributed by atoms with Crippen LogP contribution in [0.5, 0.6) is 0 Å². The molecule has 0 saturated carbocycles. The van der Waals surface area contributed by atoms with Crippen LogP contribution >= 0.6 is 15.9 Å². The fraction of sp³-hybridized carbons (Fsp3) is 0.500. The molecule has 4 nitrogen and oxygen atoms in total. The maximum Gasteiger partial charge on any atom is 0.252 e. The van der Waals surface area contributed by atoms with Gasteiger partial charge >= 0.3 is 0 Å². The van der Waals surface area contributed by atoms with E-state index in [4.69, 9.17) is 9.47 Å². The molecule has 0 saturated heterocycles. The topological polar surface area (TPSA) is 47.6 Å². The van der Waals surface area contributed by atoms with E-state index in [9.17, 15) is 4.79 Å². The minimum atomic E-state index is -0.0625. The number of carbonyl (C=O) groups excluding carboxylic acids is 1. The number of hydrogen-bond donors (Lipinski definition) is 1. The SMILES string of the molecule is COCCOCCCNC(=O)c1cccc(C)c1Br. The molecule has 0 heterocycles. The van der Waals surface area contributed by atoms with Crippen LogP contribution in [0.4, 0.5) is 0 Å². The molecule has 1 aromatic rings. The van der Waals surface area contributed by atoms with E-state index < -0.39 is 0 Å². The van der Waals surface area contributed by atoms with Gasteiger partial charge in [-0.1, -0.05) is 12.1 Å². The van der Waals surface area contributed by atoms with Gasteiger partial charge in [0.1, 0.15) is 0 Å². The summed E-state index contributed by atoms with van der Waals surface area (Å²) in [5.41, 5.74) is 1.72. The summed E-state index contributed by atoms with van der Waals surface area (Å²) in [5.74, 6) is -0.0625. The van der Waals surface area contributed by atoms with Crippen LogP contribution in [0.3, 0.4) is 0 Å². The lowest BCUT2D eigenvalue weighted by molar-refractivity contribution is 0.0688. The molecule has 1 N–H and O–H groups in total. The first kappa shape index (κ1) is 16.1. The number of methoxy groups -OCH3 is 1. The zero-order chi connectivity index (χ0) is 14.1. The number of ether oxygens (including phenoxy) is 2. The molecule has 0 aromatic heterocycles. The maximum atomic E-state index is 12.0. The second kappa shape index (κ2) is 9.07. The van der Waals surface area contributed by atoms with E-state index in [1.165, 1.54) is 0 Å². The number of nitrogens with one attached hydrogen (secondary N) is 1.